The van der Waals surface area contributed by atoms with Crippen LogP contribution in [0.4, 0.5) is 5.69 Å². The predicted molar refractivity (Wildman–Crippen MR) is 152 cm³/mol. The third kappa shape index (κ3) is 7.32. The van der Waals surface area contributed by atoms with Gasteiger partial charge in [0.15, 0.2) is 5.69 Å². The van der Waals surface area contributed by atoms with Crippen LogP contribution in [0.25, 0.3) is 4.85 Å². The summed E-state index contributed by atoms with van der Waals surface area (Å²) in [4.78, 5) is 28.5. The first-order chi connectivity index (χ1) is 20.0. The van der Waals surface area contributed by atoms with Gasteiger partial charge in [0.2, 0.25) is 0 Å². The minimum absolute atomic E-state index is 0.0288. The van der Waals surface area contributed by atoms with E-state index in [-0.39, 0.29) is 49.1 Å². The normalized spacial score (nSPS) is 16.0. The molecule has 2 heterocycles. The number of hydrogen-bond donors (Lipinski definition) is 0. The van der Waals surface area contributed by atoms with Crippen LogP contribution in [0.15, 0.2) is 72.8 Å². The van der Waals surface area contributed by atoms with E-state index in [2.05, 4.69) is 31.3 Å². The maximum atomic E-state index is 12.5. The molecule has 1 aliphatic carbocycles. The molecular weight excluding hydrogens is 512 g/mol. The van der Waals surface area contributed by atoms with E-state index in [9.17, 15) is 9.59 Å². The molecule has 0 radical (unpaired) electrons. The predicted octanol–water partition coefficient (Wildman–Crippen LogP) is 5.45. The lowest BCUT2D eigenvalue weighted by molar-refractivity contribution is -0.118. The average Bonchev–Trinajstić information content (AvgIpc) is 3.48. The SMILES string of the molecule is [C-]#[N+]c1cccc(CC(=O)Cc2ccc(C3CCC(c4ccc(CC(=O)Cc5cccc(C#N)c5)nn4)C3)nn2)c1. The lowest BCUT2D eigenvalue weighted by Gasteiger charge is -2.11. The monoisotopic (exact) mass is 540 g/mol. The molecule has 0 bridgehead atoms. The van der Waals surface area contributed by atoms with Crippen molar-refractivity contribution in [2.75, 3.05) is 0 Å². The van der Waals surface area contributed by atoms with E-state index >= 15 is 0 Å². The first-order valence-corrected chi connectivity index (χ1v) is 13.6. The zero-order valence-corrected chi connectivity index (χ0v) is 22.5. The van der Waals surface area contributed by atoms with Crippen LogP contribution in [0.2, 0.25) is 0 Å². The summed E-state index contributed by atoms with van der Waals surface area (Å²) in [6.07, 6.45) is 3.77. The Bertz CT molecular complexity index is 1510. The lowest BCUT2D eigenvalue weighted by atomic mass is 9.98. The van der Waals surface area contributed by atoms with Crippen molar-refractivity contribution in [3.8, 4) is 6.07 Å². The van der Waals surface area contributed by atoms with Crippen molar-refractivity contribution in [1.29, 1.82) is 5.26 Å². The Morgan fingerprint density at radius 3 is 1.83 bits per heavy atom. The standard InChI is InChI=1S/C33H28N6O2/c1-35-27-7-3-5-23(15-27)17-31(41)20-29-11-13-33(39-37-29)26-9-8-25(18-26)32-12-10-28(36-38-32)19-30(40)16-22-4-2-6-24(14-22)21-34/h2-7,10-15,25-26H,8-9,16-20H2. The topological polar surface area (TPSA) is 114 Å². The Kier molecular flexibility index (Phi) is 8.61. The van der Waals surface area contributed by atoms with Gasteiger partial charge in [-0.2, -0.15) is 25.7 Å². The molecular formula is C33H28N6O2. The summed E-state index contributed by atoms with van der Waals surface area (Å²) >= 11 is 0. The van der Waals surface area contributed by atoms with Crippen LogP contribution < -0.4 is 0 Å². The van der Waals surface area contributed by atoms with Gasteiger partial charge in [-0.3, -0.25) is 9.59 Å². The smallest absolute Gasteiger partial charge is 0.187 e. The molecule has 41 heavy (non-hydrogen) atoms. The fraction of sp³-hybridized carbons (Fsp3) is 0.273. The van der Waals surface area contributed by atoms with Gasteiger partial charge in [-0.15, -0.1) is 0 Å². The summed E-state index contributed by atoms with van der Waals surface area (Å²) in [5.41, 5.74) is 5.84. The second-order valence-corrected chi connectivity index (χ2v) is 10.5. The van der Waals surface area contributed by atoms with E-state index in [1.807, 2.05) is 36.4 Å². The van der Waals surface area contributed by atoms with Crippen LogP contribution in [0.3, 0.4) is 0 Å². The number of nitrogens with zero attached hydrogens (tertiary/aromatic N) is 6. The quantitative estimate of drug-likeness (QED) is 0.246. The molecule has 0 aliphatic heterocycles. The second-order valence-electron chi connectivity index (χ2n) is 10.5. The highest BCUT2D eigenvalue weighted by Crippen LogP contribution is 2.42. The molecule has 8 nitrogen and oxygen atoms in total. The summed E-state index contributed by atoms with van der Waals surface area (Å²) in [7, 11) is 0. The number of rotatable bonds is 10. The van der Waals surface area contributed by atoms with Crippen LogP contribution in [-0.4, -0.2) is 32.0 Å². The van der Waals surface area contributed by atoms with E-state index in [0.717, 1.165) is 41.8 Å². The zero-order valence-electron chi connectivity index (χ0n) is 22.5. The summed E-state index contributed by atoms with van der Waals surface area (Å²) in [5, 5.41) is 26.6. The molecule has 2 unspecified atom stereocenters. The van der Waals surface area contributed by atoms with Gasteiger partial charge in [-0.25, -0.2) is 4.85 Å². The molecule has 0 saturated heterocycles. The van der Waals surface area contributed by atoms with Crippen molar-refractivity contribution in [2.45, 2.75) is 56.8 Å². The maximum Gasteiger partial charge on any atom is 0.187 e. The highest BCUT2D eigenvalue weighted by atomic mass is 16.1. The van der Waals surface area contributed by atoms with Crippen molar-refractivity contribution < 1.29 is 9.59 Å². The Balaban J connectivity index is 1.11. The van der Waals surface area contributed by atoms with E-state index < -0.39 is 0 Å². The van der Waals surface area contributed by atoms with Gasteiger partial charge in [-0.1, -0.05) is 42.0 Å². The summed E-state index contributed by atoms with van der Waals surface area (Å²) in [6.45, 7) is 7.12. The van der Waals surface area contributed by atoms with Gasteiger partial charge in [0.25, 0.3) is 0 Å². The van der Waals surface area contributed by atoms with Crippen molar-refractivity contribution in [1.82, 2.24) is 20.4 Å². The first kappa shape index (κ1) is 27.5. The van der Waals surface area contributed by atoms with Crippen LogP contribution in [0.5, 0.6) is 0 Å². The lowest BCUT2D eigenvalue weighted by Crippen LogP contribution is -2.10. The maximum absolute atomic E-state index is 12.5. The molecule has 1 aliphatic rings. The van der Waals surface area contributed by atoms with Crippen LogP contribution in [0, 0.1) is 17.9 Å². The fourth-order valence-corrected chi connectivity index (χ4v) is 5.35. The third-order valence-corrected chi connectivity index (χ3v) is 7.40. The number of nitriles is 1. The highest BCUT2D eigenvalue weighted by Gasteiger charge is 2.29. The minimum atomic E-state index is 0.0288. The Morgan fingerprint density at radius 2 is 1.32 bits per heavy atom. The number of ketones is 2. The molecule has 4 aromatic rings. The Morgan fingerprint density at radius 1 is 0.756 bits per heavy atom. The molecule has 2 aromatic heterocycles. The molecule has 202 valence electrons. The largest absolute Gasteiger partial charge is 0.299 e. The number of aromatic nitrogens is 4. The third-order valence-electron chi connectivity index (χ3n) is 7.40. The number of benzene rings is 2. The molecule has 1 fully saturated rings. The van der Waals surface area contributed by atoms with Gasteiger partial charge < -0.3 is 0 Å². The average molecular weight is 541 g/mol. The Labute approximate surface area is 238 Å². The van der Waals surface area contributed by atoms with E-state index in [4.69, 9.17) is 11.8 Å². The molecule has 5 rings (SSSR count). The number of hydrogen-bond acceptors (Lipinski definition) is 7. The number of carbonyl (C=O) groups excluding carboxylic acids is 2. The first-order valence-electron chi connectivity index (χ1n) is 13.6. The highest BCUT2D eigenvalue weighted by molar-refractivity contribution is 5.83. The Hall–Kier alpha value is -5.08. The molecule has 8 heteroatoms. The molecule has 2 aromatic carbocycles. The summed E-state index contributed by atoms with van der Waals surface area (Å²) in [6, 6.07) is 24.0. The van der Waals surface area contributed by atoms with Gasteiger partial charge in [0.1, 0.15) is 11.6 Å². The molecule has 0 amide bonds. The van der Waals surface area contributed by atoms with Gasteiger partial charge in [-0.05, 0) is 61.2 Å². The fourth-order valence-electron chi connectivity index (χ4n) is 5.35. The van der Waals surface area contributed by atoms with Gasteiger partial charge >= 0.3 is 0 Å². The van der Waals surface area contributed by atoms with Crippen LogP contribution in [0.1, 0.15) is 70.6 Å². The van der Waals surface area contributed by atoms with Gasteiger partial charge in [0.05, 0.1) is 53.8 Å². The molecule has 1 saturated carbocycles. The van der Waals surface area contributed by atoms with E-state index in [1.54, 1.807) is 36.4 Å². The van der Waals surface area contributed by atoms with Crippen molar-refractivity contribution in [3.05, 3.63) is 124 Å². The molecule has 0 spiro atoms. The van der Waals surface area contributed by atoms with Crippen LogP contribution in [-0.2, 0) is 35.3 Å². The number of Topliss-reactive ketones (excluding diaryl/α,β-unsaturated/α-hetero) is 2. The number of carbonyl (C=O) groups is 2. The van der Waals surface area contributed by atoms with E-state index in [0.29, 0.717) is 22.6 Å². The molecule has 2 atom stereocenters. The summed E-state index contributed by atoms with van der Waals surface area (Å²) in [5.74, 6) is 0.592. The van der Waals surface area contributed by atoms with Crippen molar-refractivity contribution in [3.63, 3.8) is 0 Å². The minimum Gasteiger partial charge on any atom is -0.299 e. The summed E-state index contributed by atoms with van der Waals surface area (Å²) < 4.78 is 0. The molecule has 0 N–H and O–H groups in total. The van der Waals surface area contributed by atoms with E-state index in [1.165, 1.54) is 0 Å². The van der Waals surface area contributed by atoms with Crippen molar-refractivity contribution in [2.24, 2.45) is 0 Å². The van der Waals surface area contributed by atoms with Gasteiger partial charge in [0, 0.05) is 24.7 Å². The zero-order chi connectivity index (χ0) is 28.6. The second kappa shape index (κ2) is 12.8. The van der Waals surface area contributed by atoms with Crippen molar-refractivity contribution >= 4 is 17.3 Å². The van der Waals surface area contributed by atoms with Crippen LogP contribution >= 0.6 is 0 Å².